The van der Waals surface area contributed by atoms with Crippen molar-refractivity contribution < 1.29 is 14.7 Å². The topological polar surface area (TPSA) is 81.7 Å². The fourth-order valence-electron chi connectivity index (χ4n) is 2.19. The third kappa shape index (κ3) is 6.54. The van der Waals surface area contributed by atoms with Crippen molar-refractivity contribution in [2.24, 2.45) is 5.92 Å². The molecule has 0 atom stereocenters. The van der Waals surface area contributed by atoms with Crippen LogP contribution in [0.2, 0.25) is 0 Å². The van der Waals surface area contributed by atoms with Crippen LogP contribution in [-0.4, -0.2) is 54.7 Å². The first-order chi connectivity index (χ1) is 9.01. The second-order valence-corrected chi connectivity index (χ2v) is 5.35. The maximum Gasteiger partial charge on any atom is 0.321 e. The lowest BCUT2D eigenvalue weighted by Gasteiger charge is -2.34. The Morgan fingerprint density at radius 2 is 2.05 bits per heavy atom. The van der Waals surface area contributed by atoms with Crippen LogP contribution in [0.5, 0.6) is 0 Å². The minimum Gasteiger partial charge on any atom is -0.393 e. The van der Waals surface area contributed by atoms with Crippen molar-refractivity contribution in [2.45, 2.75) is 38.7 Å². The van der Waals surface area contributed by atoms with Gasteiger partial charge in [0.2, 0.25) is 5.91 Å². The zero-order valence-electron chi connectivity index (χ0n) is 11.8. The molecule has 110 valence electrons. The van der Waals surface area contributed by atoms with E-state index in [1.54, 1.807) is 0 Å². The summed E-state index contributed by atoms with van der Waals surface area (Å²) in [6.45, 7) is 3.61. The standard InChI is InChI=1S/C13H25N3O3/c1-3-4-5-14-13(19)15-12(18)9-16(2)8-10-6-11(17)7-10/h10-11,17H,3-9H2,1-2H3,(H2,14,15,18,19). The first-order valence-corrected chi connectivity index (χ1v) is 6.95. The Morgan fingerprint density at radius 3 is 2.63 bits per heavy atom. The molecule has 0 aliphatic heterocycles. The molecule has 1 aliphatic carbocycles. The lowest BCUT2D eigenvalue weighted by atomic mass is 9.82. The number of carbonyl (C=O) groups is 2. The molecule has 0 heterocycles. The number of rotatable bonds is 7. The molecule has 0 bridgehead atoms. The van der Waals surface area contributed by atoms with Crippen LogP contribution in [0, 0.1) is 5.92 Å². The Balaban J connectivity index is 2.10. The van der Waals surface area contributed by atoms with Crippen LogP contribution in [0.1, 0.15) is 32.6 Å². The third-order valence-corrected chi connectivity index (χ3v) is 3.26. The van der Waals surface area contributed by atoms with Crippen LogP contribution >= 0.6 is 0 Å². The minimum atomic E-state index is -0.425. The van der Waals surface area contributed by atoms with Gasteiger partial charge >= 0.3 is 6.03 Å². The monoisotopic (exact) mass is 271 g/mol. The highest BCUT2D eigenvalue weighted by Crippen LogP contribution is 2.27. The van der Waals surface area contributed by atoms with Crippen molar-refractivity contribution in [3.63, 3.8) is 0 Å². The van der Waals surface area contributed by atoms with E-state index in [1.807, 2.05) is 18.9 Å². The lowest BCUT2D eigenvalue weighted by Crippen LogP contribution is -2.45. The Labute approximate surface area is 114 Å². The average molecular weight is 271 g/mol. The van der Waals surface area contributed by atoms with E-state index < -0.39 is 6.03 Å². The quantitative estimate of drug-likeness (QED) is 0.582. The second kappa shape index (κ2) is 8.12. The fraction of sp³-hybridized carbons (Fsp3) is 0.846. The predicted molar refractivity (Wildman–Crippen MR) is 72.7 cm³/mol. The zero-order valence-corrected chi connectivity index (χ0v) is 11.8. The number of hydrogen-bond donors (Lipinski definition) is 3. The van der Waals surface area contributed by atoms with Gasteiger partial charge in [-0.25, -0.2) is 4.79 Å². The zero-order chi connectivity index (χ0) is 14.3. The number of aliphatic hydroxyl groups excluding tert-OH is 1. The number of aliphatic hydroxyl groups is 1. The van der Waals surface area contributed by atoms with Gasteiger partial charge in [-0.05, 0) is 32.2 Å². The molecule has 1 fully saturated rings. The predicted octanol–water partition coefficient (Wildman–Crippen LogP) is 0.315. The van der Waals surface area contributed by atoms with Crippen molar-refractivity contribution >= 4 is 11.9 Å². The number of nitrogens with one attached hydrogen (secondary N) is 2. The summed E-state index contributed by atoms with van der Waals surface area (Å²) in [5, 5.41) is 14.1. The van der Waals surface area contributed by atoms with Crippen LogP contribution in [0.25, 0.3) is 0 Å². The number of amides is 3. The van der Waals surface area contributed by atoms with Gasteiger partial charge in [-0.1, -0.05) is 13.3 Å². The van der Waals surface area contributed by atoms with Crippen LogP contribution < -0.4 is 10.6 Å². The lowest BCUT2D eigenvalue weighted by molar-refractivity contribution is -0.121. The molecule has 1 saturated carbocycles. The number of imide groups is 1. The molecule has 0 unspecified atom stereocenters. The van der Waals surface area contributed by atoms with E-state index in [-0.39, 0.29) is 18.6 Å². The first kappa shape index (κ1) is 15.9. The van der Waals surface area contributed by atoms with Crippen molar-refractivity contribution in [3.05, 3.63) is 0 Å². The van der Waals surface area contributed by atoms with E-state index in [0.29, 0.717) is 12.5 Å². The van der Waals surface area contributed by atoms with E-state index in [0.717, 1.165) is 32.2 Å². The second-order valence-electron chi connectivity index (χ2n) is 5.35. The number of unbranched alkanes of at least 4 members (excludes halogenated alkanes) is 1. The summed E-state index contributed by atoms with van der Waals surface area (Å²) in [7, 11) is 1.85. The van der Waals surface area contributed by atoms with Gasteiger partial charge in [-0.2, -0.15) is 0 Å². The van der Waals surface area contributed by atoms with Crippen LogP contribution in [-0.2, 0) is 4.79 Å². The van der Waals surface area contributed by atoms with Gasteiger partial charge in [0.1, 0.15) is 0 Å². The van der Waals surface area contributed by atoms with Crippen molar-refractivity contribution in [1.29, 1.82) is 0 Å². The third-order valence-electron chi connectivity index (χ3n) is 3.26. The minimum absolute atomic E-state index is 0.170. The normalized spacial score (nSPS) is 21.9. The molecule has 0 spiro atoms. The summed E-state index contributed by atoms with van der Waals surface area (Å²) >= 11 is 0. The molecule has 6 heteroatoms. The molecule has 3 amide bonds. The van der Waals surface area contributed by atoms with E-state index >= 15 is 0 Å². The number of urea groups is 1. The van der Waals surface area contributed by atoms with E-state index in [4.69, 9.17) is 0 Å². The van der Waals surface area contributed by atoms with Gasteiger partial charge in [0.05, 0.1) is 12.6 Å². The van der Waals surface area contributed by atoms with E-state index in [2.05, 4.69) is 10.6 Å². The summed E-state index contributed by atoms with van der Waals surface area (Å²) < 4.78 is 0. The molecule has 0 saturated heterocycles. The number of nitrogens with zero attached hydrogens (tertiary/aromatic N) is 1. The van der Waals surface area contributed by atoms with Gasteiger partial charge < -0.3 is 10.4 Å². The molecule has 1 rings (SSSR count). The number of hydrogen-bond acceptors (Lipinski definition) is 4. The summed E-state index contributed by atoms with van der Waals surface area (Å²) in [5.41, 5.74) is 0. The molecular weight excluding hydrogens is 246 g/mol. The fourth-order valence-corrected chi connectivity index (χ4v) is 2.19. The molecule has 0 aromatic heterocycles. The molecule has 3 N–H and O–H groups in total. The summed E-state index contributed by atoms with van der Waals surface area (Å²) in [5.74, 6) is 0.169. The van der Waals surface area contributed by atoms with Gasteiger partial charge in [-0.3, -0.25) is 15.0 Å². The highest BCUT2D eigenvalue weighted by atomic mass is 16.3. The molecular formula is C13H25N3O3. The van der Waals surface area contributed by atoms with E-state index in [1.165, 1.54) is 0 Å². The summed E-state index contributed by atoms with van der Waals surface area (Å²) in [6, 6.07) is -0.425. The van der Waals surface area contributed by atoms with Gasteiger partial charge in [0, 0.05) is 13.1 Å². The molecule has 6 nitrogen and oxygen atoms in total. The molecule has 19 heavy (non-hydrogen) atoms. The Bertz CT molecular complexity index is 304. The van der Waals surface area contributed by atoms with E-state index in [9.17, 15) is 14.7 Å². The number of likely N-dealkylation sites (N-methyl/N-ethyl adjacent to an activating group) is 1. The SMILES string of the molecule is CCCCNC(=O)NC(=O)CN(C)CC1CC(O)C1. The summed E-state index contributed by atoms with van der Waals surface area (Å²) in [4.78, 5) is 24.8. The Kier molecular flexibility index (Phi) is 6.80. The maximum atomic E-state index is 11.6. The molecule has 0 radical (unpaired) electrons. The molecule has 1 aliphatic rings. The molecule has 0 aromatic carbocycles. The Hall–Kier alpha value is -1.14. The largest absolute Gasteiger partial charge is 0.393 e. The van der Waals surface area contributed by atoms with Crippen LogP contribution in [0.4, 0.5) is 4.79 Å². The smallest absolute Gasteiger partial charge is 0.321 e. The highest BCUT2D eigenvalue weighted by Gasteiger charge is 2.28. The first-order valence-electron chi connectivity index (χ1n) is 6.95. The van der Waals surface area contributed by atoms with Crippen molar-refractivity contribution in [3.8, 4) is 0 Å². The van der Waals surface area contributed by atoms with Gasteiger partial charge in [0.15, 0.2) is 0 Å². The van der Waals surface area contributed by atoms with Crippen LogP contribution in [0.3, 0.4) is 0 Å². The van der Waals surface area contributed by atoms with Crippen LogP contribution in [0.15, 0.2) is 0 Å². The number of carbonyl (C=O) groups excluding carboxylic acids is 2. The summed E-state index contributed by atoms with van der Waals surface area (Å²) in [6.07, 6.45) is 3.36. The van der Waals surface area contributed by atoms with Crippen molar-refractivity contribution in [2.75, 3.05) is 26.7 Å². The molecule has 0 aromatic rings. The highest BCUT2D eigenvalue weighted by molar-refractivity contribution is 5.95. The van der Waals surface area contributed by atoms with Gasteiger partial charge in [-0.15, -0.1) is 0 Å². The maximum absolute atomic E-state index is 11.6. The average Bonchev–Trinajstić information content (AvgIpc) is 2.26. The van der Waals surface area contributed by atoms with Crippen molar-refractivity contribution in [1.82, 2.24) is 15.5 Å². The van der Waals surface area contributed by atoms with Gasteiger partial charge in [0.25, 0.3) is 0 Å². The Morgan fingerprint density at radius 1 is 1.37 bits per heavy atom.